The molecule has 0 atom stereocenters. The van der Waals surface area contributed by atoms with Crippen molar-refractivity contribution in [1.29, 1.82) is 0 Å². The number of benzene rings is 4. The molecule has 35 heavy (non-hydrogen) atoms. The SMILES string of the molecule is O=C(/C=C/c1ccccc1)Oc1ccc(-c2ccc(F)cc2F)cc1C(=O)Nc1cccc(Cl)c1. The van der Waals surface area contributed by atoms with Crippen LogP contribution >= 0.6 is 11.6 Å². The van der Waals surface area contributed by atoms with Crippen molar-refractivity contribution in [3.05, 3.63) is 125 Å². The Labute approximate surface area is 205 Å². The Bertz CT molecular complexity index is 1420. The maximum Gasteiger partial charge on any atom is 0.336 e. The highest BCUT2D eigenvalue weighted by Gasteiger charge is 2.18. The minimum atomic E-state index is -0.790. The first-order valence-corrected chi connectivity index (χ1v) is 10.9. The Morgan fingerprint density at radius 1 is 0.857 bits per heavy atom. The van der Waals surface area contributed by atoms with Crippen LogP contribution in [0, 0.1) is 11.6 Å². The third-order valence-corrected chi connectivity index (χ3v) is 5.21. The van der Waals surface area contributed by atoms with Gasteiger partial charge in [-0.25, -0.2) is 13.6 Å². The number of amides is 1. The van der Waals surface area contributed by atoms with Crippen molar-refractivity contribution in [2.75, 3.05) is 5.32 Å². The van der Waals surface area contributed by atoms with Gasteiger partial charge in [-0.2, -0.15) is 0 Å². The molecule has 0 aliphatic carbocycles. The number of ether oxygens (including phenoxy) is 1. The number of anilines is 1. The van der Waals surface area contributed by atoms with Crippen molar-refractivity contribution in [3.8, 4) is 16.9 Å². The van der Waals surface area contributed by atoms with E-state index in [0.717, 1.165) is 17.7 Å². The molecule has 0 fully saturated rings. The zero-order valence-corrected chi connectivity index (χ0v) is 18.9. The van der Waals surface area contributed by atoms with Gasteiger partial charge in [0.25, 0.3) is 5.91 Å². The molecule has 0 aromatic heterocycles. The van der Waals surface area contributed by atoms with Crippen molar-refractivity contribution in [2.24, 2.45) is 0 Å². The number of esters is 1. The van der Waals surface area contributed by atoms with E-state index in [0.29, 0.717) is 16.3 Å². The van der Waals surface area contributed by atoms with E-state index >= 15 is 0 Å². The summed E-state index contributed by atoms with van der Waals surface area (Å²) in [6, 6.07) is 23.0. The fourth-order valence-electron chi connectivity index (χ4n) is 3.32. The van der Waals surface area contributed by atoms with Crippen LogP contribution in [0.25, 0.3) is 17.2 Å². The highest BCUT2D eigenvalue weighted by molar-refractivity contribution is 6.31. The Hall–Kier alpha value is -4.29. The smallest absolute Gasteiger partial charge is 0.336 e. The second-order valence-electron chi connectivity index (χ2n) is 7.46. The summed E-state index contributed by atoms with van der Waals surface area (Å²) >= 11 is 5.99. The molecule has 4 aromatic rings. The predicted molar refractivity (Wildman–Crippen MR) is 132 cm³/mol. The average molecular weight is 490 g/mol. The van der Waals surface area contributed by atoms with Crippen LogP contribution in [0.5, 0.6) is 5.75 Å². The van der Waals surface area contributed by atoms with Gasteiger partial charge in [0.1, 0.15) is 17.4 Å². The lowest BCUT2D eigenvalue weighted by Crippen LogP contribution is -2.15. The zero-order chi connectivity index (χ0) is 24.8. The third kappa shape index (κ3) is 6.19. The first kappa shape index (κ1) is 23.9. The molecular weight excluding hydrogens is 472 g/mol. The summed E-state index contributed by atoms with van der Waals surface area (Å²) in [6.07, 6.45) is 2.82. The van der Waals surface area contributed by atoms with Crippen LogP contribution in [0.1, 0.15) is 15.9 Å². The summed E-state index contributed by atoms with van der Waals surface area (Å²) in [5, 5.41) is 3.11. The Balaban J connectivity index is 1.67. The highest BCUT2D eigenvalue weighted by atomic mass is 35.5. The van der Waals surface area contributed by atoms with Crippen molar-refractivity contribution in [1.82, 2.24) is 0 Å². The lowest BCUT2D eigenvalue weighted by Gasteiger charge is -2.13. The number of carbonyl (C=O) groups excluding carboxylic acids is 2. The summed E-state index contributed by atoms with van der Waals surface area (Å²) < 4.78 is 33.2. The van der Waals surface area contributed by atoms with Crippen LogP contribution in [0.15, 0.2) is 97.1 Å². The van der Waals surface area contributed by atoms with Crippen LogP contribution in [0.2, 0.25) is 5.02 Å². The molecule has 4 rings (SSSR count). The molecule has 0 aliphatic rings. The molecule has 1 amide bonds. The van der Waals surface area contributed by atoms with E-state index in [2.05, 4.69) is 5.32 Å². The van der Waals surface area contributed by atoms with Crippen LogP contribution in [-0.4, -0.2) is 11.9 Å². The molecule has 0 aliphatic heterocycles. The monoisotopic (exact) mass is 489 g/mol. The average Bonchev–Trinajstić information content (AvgIpc) is 2.84. The van der Waals surface area contributed by atoms with Gasteiger partial charge in [-0.05, 0) is 59.7 Å². The minimum absolute atomic E-state index is 0.0207. The highest BCUT2D eigenvalue weighted by Crippen LogP contribution is 2.30. The Morgan fingerprint density at radius 2 is 1.66 bits per heavy atom. The maximum absolute atomic E-state index is 14.4. The molecular formula is C28H18ClF2NO3. The summed E-state index contributed by atoms with van der Waals surface area (Å²) in [7, 11) is 0. The lowest BCUT2D eigenvalue weighted by molar-refractivity contribution is -0.128. The zero-order valence-electron chi connectivity index (χ0n) is 18.2. The van der Waals surface area contributed by atoms with Crippen molar-refractivity contribution >= 4 is 35.2 Å². The molecule has 7 heteroatoms. The van der Waals surface area contributed by atoms with Gasteiger partial charge < -0.3 is 10.1 Å². The molecule has 1 N–H and O–H groups in total. The standard InChI is InChI=1S/C28H18ClF2NO3/c29-20-7-4-8-22(16-20)32-28(34)24-15-19(23-12-11-21(30)17-25(23)31)10-13-26(24)35-27(33)14-9-18-5-2-1-3-6-18/h1-17H,(H,32,34)/b14-9+. The lowest BCUT2D eigenvalue weighted by atomic mass is 10.0. The molecule has 0 radical (unpaired) electrons. The normalized spacial score (nSPS) is 10.8. The van der Waals surface area contributed by atoms with E-state index in [1.807, 2.05) is 30.3 Å². The number of halogens is 3. The van der Waals surface area contributed by atoms with Crippen molar-refractivity contribution in [2.45, 2.75) is 0 Å². The van der Waals surface area contributed by atoms with Gasteiger partial charge in [0, 0.05) is 28.4 Å². The predicted octanol–water partition coefficient (Wildman–Crippen LogP) is 7.16. The fraction of sp³-hybridized carbons (Fsp3) is 0. The van der Waals surface area contributed by atoms with E-state index in [4.69, 9.17) is 16.3 Å². The number of hydrogen-bond acceptors (Lipinski definition) is 3. The van der Waals surface area contributed by atoms with E-state index in [-0.39, 0.29) is 16.9 Å². The van der Waals surface area contributed by atoms with Crippen LogP contribution in [-0.2, 0) is 4.79 Å². The molecule has 0 heterocycles. The number of carbonyl (C=O) groups is 2. The fourth-order valence-corrected chi connectivity index (χ4v) is 3.51. The third-order valence-electron chi connectivity index (χ3n) is 4.97. The molecule has 0 unspecified atom stereocenters. The summed E-state index contributed by atoms with van der Waals surface area (Å²) in [6.45, 7) is 0. The maximum atomic E-state index is 14.4. The molecule has 4 nitrogen and oxygen atoms in total. The van der Waals surface area contributed by atoms with Gasteiger partial charge in [0.05, 0.1) is 5.56 Å². The number of rotatable bonds is 6. The van der Waals surface area contributed by atoms with Gasteiger partial charge in [-0.3, -0.25) is 4.79 Å². The van der Waals surface area contributed by atoms with E-state index < -0.39 is 23.5 Å². The molecule has 0 spiro atoms. The number of nitrogens with one attached hydrogen (secondary N) is 1. The van der Waals surface area contributed by atoms with Crippen LogP contribution < -0.4 is 10.1 Å². The minimum Gasteiger partial charge on any atom is -0.423 e. The van der Waals surface area contributed by atoms with Gasteiger partial charge in [0.15, 0.2) is 0 Å². The molecule has 174 valence electrons. The number of hydrogen-bond donors (Lipinski definition) is 1. The van der Waals surface area contributed by atoms with Crippen molar-refractivity contribution in [3.63, 3.8) is 0 Å². The van der Waals surface area contributed by atoms with E-state index in [9.17, 15) is 18.4 Å². The quantitative estimate of drug-likeness (QED) is 0.178. The van der Waals surface area contributed by atoms with Gasteiger partial charge in [0.2, 0.25) is 0 Å². The van der Waals surface area contributed by atoms with Crippen LogP contribution in [0.3, 0.4) is 0 Å². The van der Waals surface area contributed by atoms with Crippen molar-refractivity contribution < 1.29 is 23.1 Å². The summed E-state index contributed by atoms with van der Waals surface area (Å²) in [5.74, 6) is -2.85. The second kappa shape index (κ2) is 10.8. The van der Waals surface area contributed by atoms with Gasteiger partial charge in [-0.15, -0.1) is 0 Å². The first-order valence-electron chi connectivity index (χ1n) is 10.5. The summed E-state index contributed by atoms with van der Waals surface area (Å²) in [4.78, 5) is 25.6. The van der Waals surface area contributed by atoms with E-state index in [1.54, 1.807) is 30.3 Å². The molecule has 0 saturated carbocycles. The van der Waals surface area contributed by atoms with Gasteiger partial charge >= 0.3 is 5.97 Å². The van der Waals surface area contributed by atoms with Crippen LogP contribution in [0.4, 0.5) is 14.5 Å². The van der Waals surface area contributed by atoms with Gasteiger partial charge in [-0.1, -0.05) is 54.1 Å². The first-order chi connectivity index (χ1) is 16.9. The van der Waals surface area contributed by atoms with E-state index in [1.165, 1.54) is 30.3 Å². The Morgan fingerprint density at radius 3 is 2.40 bits per heavy atom. The largest absolute Gasteiger partial charge is 0.423 e. The Kier molecular flexibility index (Phi) is 7.33. The summed E-state index contributed by atoms with van der Waals surface area (Å²) in [5.41, 5.74) is 1.59. The molecule has 0 saturated heterocycles. The molecule has 0 bridgehead atoms. The topological polar surface area (TPSA) is 55.4 Å². The molecule has 4 aromatic carbocycles. The second-order valence-corrected chi connectivity index (χ2v) is 7.90.